The van der Waals surface area contributed by atoms with Crippen LogP contribution in [0.1, 0.15) is 25.0 Å². The third-order valence-electron chi connectivity index (χ3n) is 4.02. The van der Waals surface area contributed by atoms with Gasteiger partial charge in [-0.2, -0.15) is 5.10 Å². The lowest BCUT2D eigenvalue weighted by Gasteiger charge is -2.30. The van der Waals surface area contributed by atoms with Gasteiger partial charge in [-0.05, 0) is 12.0 Å². The minimum Gasteiger partial charge on any atom is -0.347 e. The number of nitrogens with zero attached hydrogens (tertiary/aromatic N) is 1. The maximum atomic E-state index is 12.0. The van der Waals surface area contributed by atoms with Crippen molar-refractivity contribution in [3.63, 3.8) is 0 Å². The highest BCUT2D eigenvalue weighted by Gasteiger charge is 2.38. The molecule has 4 rings (SSSR count). The molecule has 1 spiro atoms. The van der Waals surface area contributed by atoms with Crippen molar-refractivity contribution in [1.29, 1.82) is 0 Å². The Bertz CT molecular complexity index is 838. The van der Waals surface area contributed by atoms with Crippen LogP contribution in [0.15, 0.2) is 15.7 Å². The molecule has 0 atom stereocenters. The standard InChI is InChI=1S/C13H14N4O4/c18-11-8-9(16-17-10(8)14-12(19)15-11)7-1-3-13(4-2-7)20-5-6-21-13/h1H,2-6H2,(H3,14,15,16,17,18,19). The monoisotopic (exact) mass is 290 g/mol. The molecule has 3 N–H and O–H groups in total. The van der Waals surface area contributed by atoms with Crippen LogP contribution in [0.5, 0.6) is 0 Å². The van der Waals surface area contributed by atoms with E-state index in [0.29, 0.717) is 30.7 Å². The molecule has 1 aliphatic carbocycles. The predicted octanol–water partition coefficient (Wildman–Crippen LogP) is 0.250. The third kappa shape index (κ3) is 1.95. The first-order chi connectivity index (χ1) is 10.2. The fraction of sp³-hybridized carbons (Fsp3) is 0.462. The van der Waals surface area contributed by atoms with Crippen molar-refractivity contribution >= 4 is 16.6 Å². The van der Waals surface area contributed by atoms with Gasteiger partial charge in [-0.15, -0.1) is 0 Å². The molecule has 0 radical (unpaired) electrons. The minimum absolute atomic E-state index is 0.272. The second kappa shape index (κ2) is 4.40. The van der Waals surface area contributed by atoms with E-state index in [-0.39, 0.29) is 5.65 Å². The van der Waals surface area contributed by atoms with E-state index in [0.717, 1.165) is 18.4 Å². The molecular formula is C13H14N4O4. The molecule has 0 bridgehead atoms. The molecule has 0 unspecified atom stereocenters. The molecule has 1 fully saturated rings. The van der Waals surface area contributed by atoms with Gasteiger partial charge >= 0.3 is 5.69 Å². The summed E-state index contributed by atoms with van der Waals surface area (Å²) in [6.07, 6.45) is 4.10. The predicted molar refractivity (Wildman–Crippen MR) is 73.8 cm³/mol. The van der Waals surface area contributed by atoms with Crippen molar-refractivity contribution in [3.8, 4) is 0 Å². The van der Waals surface area contributed by atoms with E-state index in [1.807, 2.05) is 6.08 Å². The van der Waals surface area contributed by atoms with Crippen LogP contribution < -0.4 is 11.2 Å². The second-order valence-electron chi connectivity index (χ2n) is 5.27. The Morgan fingerprint density at radius 2 is 2.00 bits per heavy atom. The Balaban J connectivity index is 1.76. The molecule has 2 aromatic rings. The van der Waals surface area contributed by atoms with E-state index in [1.165, 1.54) is 0 Å². The Morgan fingerprint density at radius 1 is 1.19 bits per heavy atom. The van der Waals surface area contributed by atoms with Crippen LogP contribution in [0.4, 0.5) is 0 Å². The normalized spacial score (nSPS) is 21.0. The summed E-state index contributed by atoms with van der Waals surface area (Å²) in [4.78, 5) is 27.9. The highest BCUT2D eigenvalue weighted by atomic mass is 16.7. The Kier molecular flexibility index (Phi) is 2.63. The summed E-state index contributed by atoms with van der Waals surface area (Å²) < 4.78 is 11.3. The molecule has 8 heteroatoms. The summed E-state index contributed by atoms with van der Waals surface area (Å²) in [5.74, 6) is -0.500. The third-order valence-corrected chi connectivity index (χ3v) is 4.02. The van der Waals surface area contributed by atoms with E-state index in [2.05, 4.69) is 20.2 Å². The molecule has 2 aromatic heterocycles. The van der Waals surface area contributed by atoms with Gasteiger partial charge in [-0.3, -0.25) is 19.9 Å². The van der Waals surface area contributed by atoms with Crippen LogP contribution in [-0.2, 0) is 9.47 Å². The molecule has 1 saturated heterocycles. The fourth-order valence-electron chi connectivity index (χ4n) is 2.98. The molecule has 8 nitrogen and oxygen atoms in total. The van der Waals surface area contributed by atoms with Crippen LogP contribution in [0.2, 0.25) is 0 Å². The summed E-state index contributed by atoms with van der Waals surface area (Å²) in [7, 11) is 0. The molecule has 110 valence electrons. The smallest absolute Gasteiger partial charge is 0.327 e. The highest BCUT2D eigenvalue weighted by Crippen LogP contribution is 2.38. The van der Waals surface area contributed by atoms with Crippen LogP contribution in [0.25, 0.3) is 16.6 Å². The molecule has 0 aromatic carbocycles. The Morgan fingerprint density at radius 3 is 2.71 bits per heavy atom. The van der Waals surface area contributed by atoms with E-state index in [9.17, 15) is 9.59 Å². The fourth-order valence-corrected chi connectivity index (χ4v) is 2.98. The first-order valence-electron chi connectivity index (χ1n) is 6.85. The number of hydrogen-bond acceptors (Lipinski definition) is 5. The zero-order chi connectivity index (χ0) is 14.4. The first-order valence-corrected chi connectivity index (χ1v) is 6.85. The van der Waals surface area contributed by atoms with Gasteiger partial charge in [0, 0.05) is 12.8 Å². The van der Waals surface area contributed by atoms with E-state index < -0.39 is 17.0 Å². The molecule has 21 heavy (non-hydrogen) atoms. The van der Waals surface area contributed by atoms with Gasteiger partial charge in [0.1, 0.15) is 5.39 Å². The SMILES string of the molecule is O=c1[nH]c(=O)c2c(C3=CCC4(CC3)OCCO4)[nH]nc2[nH]1. The quantitative estimate of drug-likeness (QED) is 0.697. The van der Waals surface area contributed by atoms with Gasteiger partial charge in [0.2, 0.25) is 0 Å². The van der Waals surface area contributed by atoms with Crippen LogP contribution in [0, 0.1) is 0 Å². The number of allylic oxidation sites excluding steroid dienone is 1. The van der Waals surface area contributed by atoms with Crippen LogP contribution >= 0.6 is 0 Å². The zero-order valence-corrected chi connectivity index (χ0v) is 11.2. The number of aromatic nitrogens is 4. The lowest BCUT2D eigenvalue weighted by molar-refractivity contribution is -0.159. The summed E-state index contributed by atoms with van der Waals surface area (Å²) in [6, 6.07) is 0. The van der Waals surface area contributed by atoms with Gasteiger partial charge < -0.3 is 9.47 Å². The average molecular weight is 290 g/mol. The molecular weight excluding hydrogens is 276 g/mol. The number of hydrogen-bond donors (Lipinski definition) is 3. The number of fused-ring (bicyclic) bond motifs is 1. The van der Waals surface area contributed by atoms with Crippen molar-refractivity contribution in [3.05, 3.63) is 32.6 Å². The maximum Gasteiger partial charge on any atom is 0.327 e. The molecule has 1 aliphatic heterocycles. The van der Waals surface area contributed by atoms with Crippen molar-refractivity contribution in [1.82, 2.24) is 20.2 Å². The van der Waals surface area contributed by atoms with Crippen molar-refractivity contribution in [2.24, 2.45) is 0 Å². The van der Waals surface area contributed by atoms with Gasteiger partial charge in [0.25, 0.3) is 5.56 Å². The van der Waals surface area contributed by atoms with E-state index in [1.54, 1.807) is 0 Å². The molecule has 0 saturated carbocycles. The van der Waals surface area contributed by atoms with Crippen LogP contribution in [-0.4, -0.2) is 39.2 Å². The largest absolute Gasteiger partial charge is 0.347 e. The molecule has 0 amide bonds. The summed E-state index contributed by atoms with van der Waals surface area (Å²) in [6.45, 7) is 1.24. The Hall–Kier alpha value is -2.19. The average Bonchev–Trinajstić information content (AvgIpc) is 3.07. The molecule has 3 heterocycles. The number of rotatable bonds is 1. The van der Waals surface area contributed by atoms with Gasteiger partial charge in [-0.25, -0.2) is 4.79 Å². The summed E-state index contributed by atoms with van der Waals surface area (Å²) >= 11 is 0. The van der Waals surface area contributed by atoms with Crippen molar-refractivity contribution in [2.45, 2.75) is 25.0 Å². The van der Waals surface area contributed by atoms with Gasteiger partial charge in [0.05, 0.1) is 18.9 Å². The Labute approximate surface area is 118 Å². The lowest BCUT2D eigenvalue weighted by atomic mass is 9.91. The first kappa shape index (κ1) is 12.5. The maximum absolute atomic E-state index is 12.0. The highest BCUT2D eigenvalue weighted by molar-refractivity contribution is 5.87. The number of aromatic amines is 3. The van der Waals surface area contributed by atoms with Gasteiger partial charge in [-0.1, -0.05) is 6.08 Å². The topological polar surface area (TPSA) is 113 Å². The van der Waals surface area contributed by atoms with Crippen molar-refractivity contribution in [2.75, 3.05) is 13.2 Å². The number of nitrogens with one attached hydrogen (secondary N) is 3. The minimum atomic E-state index is -0.560. The van der Waals surface area contributed by atoms with E-state index >= 15 is 0 Å². The number of ether oxygens (including phenoxy) is 2. The number of H-pyrrole nitrogens is 3. The summed E-state index contributed by atoms with van der Waals surface area (Å²) in [5, 5.41) is 7.22. The van der Waals surface area contributed by atoms with Crippen LogP contribution in [0.3, 0.4) is 0 Å². The second-order valence-corrected chi connectivity index (χ2v) is 5.27. The van der Waals surface area contributed by atoms with Crippen molar-refractivity contribution < 1.29 is 9.47 Å². The van der Waals surface area contributed by atoms with E-state index in [4.69, 9.17) is 9.47 Å². The zero-order valence-electron chi connectivity index (χ0n) is 11.2. The van der Waals surface area contributed by atoms with Gasteiger partial charge in [0.15, 0.2) is 11.4 Å². The lowest BCUT2D eigenvalue weighted by Crippen LogP contribution is -2.31. The molecule has 2 aliphatic rings. The summed E-state index contributed by atoms with van der Waals surface area (Å²) in [5.41, 5.74) is 0.908.